The minimum atomic E-state index is -0.484. The van der Waals surface area contributed by atoms with Crippen molar-refractivity contribution >= 4 is 29.0 Å². The molecule has 2 aromatic rings. The topological polar surface area (TPSA) is 80.8 Å². The fourth-order valence-corrected chi connectivity index (χ4v) is 2.90. The number of hydrogen-bond acceptors (Lipinski definition) is 6. The molecule has 0 radical (unpaired) electrons. The maximum atomic E-state index is 12.6. The summed E-state index contributed by atoms with van der Waals surface area (Å²) >= 11 is 1.32. The van der Waals surface area contributed by atoms with E-state index in [-0.39, 0.29) is 11.7 Å². The van der Waals surface area contributed by atoms with Crippen molar-refractivity contribution in [2.24, 2.45) is 0 Å². The predicted octanol–water partition coefficient (Wildman–Crippen LogP) is 3.00. The fourth-order valence-electron chi connectivity index (χ4n) is 2.12. The SMILES string of the molecule is COCCCN(Cc1nc(C(=O)OC)cs1)C(=O)Nc1ccccc1. The number of hydrogen-bond donors (Lipinski definition) is 1. The maximum absolute atomic E-state index is 12.6. The van der Waals surface area contributed by atoms with Crippen molar-refractivity contribution in [2.45, 2.75) is 13.0 Å². The first-order chi connectivity index (χ1) is 12.1. The molecule has 0 fully saturated rings. The van der Waals surface area contributed by atoms with Gasteiger partial charge in [0.15, 0.2) is 5.69 Å². The minimum Gasteiger partial charge on any atom is -0.464 e. The second-order valence-corrected chi connectivity index (χ2v) is 6.12. The molecule has 2 rings (SSSR count). The minimum absolute atomic E-state index is 0.225. The third-order valence-corrected chi connectivity index (χ3v) is 4.19. The number of benzene rings is 1. The Bertz CT molecular complexity index is 690. The van der Waals surface area contributed by atoms with E-state index in [1.807, 2.05) is 30.3 Å². The van der Waals surface area contributed by atoms with Gasteiger partial charge in [-0.25, -0.2) is 14.6 Å². The van der Waals surface area contributed by atoms with Crippen molar-refractivity contribution in [1.29, 1.82) is 0 Å². The number of rotatable bonds is 8. The van der Waals surface area contributed by atoms with E-state index in [0.29, 0.717) is 31.1 Å². The van der Waals surface area contributed by atoms with Gasteiger partial charge in [-0.3, -0.25) is 0 Å². The number of carbonyl (C=O) groups is 2. The lowest BCUT2D eigenvalue weighted by Gasteiger charge is -2.22. The van der Waals surface area contributed by atoms with E-state index in [4.69, 9.17) is 4.74 Å². The standard InChI is InChI=1S/C17H21N3O4S/c1-23-10-6-9-20(17(22)18-13-7-4-3-5-8-13)11-15-19-14(12-25-15)16(21)24-2/h3-5,7-8,12H,6,9-11H2,1-2H3,(H,18,22). The van der Waals surface area contributed by atoms with Crippen molar-refractivity contribution in [3.8, 4) is 0 Å². The highest BCUT2D eigenvalue weighted by atomic mass is 32.1. The van der Waals surface area contributed by atoms with Crippen LogP contribution >= 0.6 is 11.3 Å². The zero-order chi connectivity index (χ0) is 18.1. The number of ether oxygens (including phenoxy) is 2. The summed E-state index contributed by atoms with van der Waals surface area (Å²) in [5.41, 5.74) is 0.974. The van der Waals surface area contributed by atoms with Crippen LogP contribution in [0, 0.1) is 0 Å². The summed E-state index contributed by atoms with van der Waals surface area (Å²) in [5.74, 6) is -0.484. The quantitative estimate of drug-likeness (QED) is 0.576. The molecule has 0 atom stereocenters. The number of para-hydroxylation sites is 1. The van der Waals surface area contributed by atoms with Gasteiger partial charge in [-0.15, -0.1) is 11.3 Å². The van der Waals surface area contributed by atoms with Gasteiger partial charge < -0.3 is 19.7 Å². The molecular formula is C17H21N3O4S. The van der Waals surface area contributed by atoms with Crippen LogP contribution in [0.15, 0.2) is 35.7 Å². The fraction of sp³-hybridized carbons (Fsp3) is 0.353. The molecule has 1 N–H and O–H groups in total. The molecule has 1 aromatic carbocycles. The Morgan fingerprint density at radius 3 is 2.68 bits per heavy atom. The molecule has 0 bridgehead atoms. The number of nitrogens with zero attached hydrogens (tertiary/aromatic N) is 2. The first-order valence-corrected chi connectivity index (χ1v) is 8.64. The van der Waals surface area contributed by atoms with Crippen LogP contribution in [0.3, 0.4) is 0 Å². The van der Waals surface area contributed by atoms with E-state index in [1.54, 1.807) is 17.4 Å². The molecule has 0 spiro atoms. The predicted molar refractivity (Wildman–Crippen MR) is 95.8 cm³/mol. The Labute approximate surface area is 150 Å². The van der Waals surface area contributed by atoms with Crippen LogP contribution in [0.25, 0.3) is 0 Å². The van der Waals surface area contributed by atoms with Crippen LogP contribution in [0.4, 0.5) is 10.5 Å². The van der Waals surface area contributed by atoms with Crippen LogP contribution < -0.4 is 5.32 Å². The lowest BCUT2D eigenvalue weighted by molar-refractivity contribution is 0.0594. The molecule has 1 heterocycles. The molecule has 0 saturated heterocycles. The molecule has 0 aliphatic rings. The first-order valence-electron chi connectivity index (χ1n) is 7.76. The summed E-state index contributed by atoms with van der Waals surface area (Å²) in [7, 11) is 2.93. The van der Waals surface area contributed by atoms with Crippen LogP contribution in [-0.4, -0.2) is 49.3 Å². The highest BCUT2D eigenvalue weighted by Gasteiger charge is 2.17. The van der Waals surface area contributed by atoms with Gasteiger partial charge in [-0.1, -0.05) is 18.2 Å². The van der Waals surface area contributed by atoms with Crippen LogP contribution in [0.1, 0.15) is 21.9 Å². The van der Waals surface area contributed by atoms with Gasteiger partial charge >= 0.3 is 12.0 Å². The van der Waals surface area contributed by atoms with E-state index in [1.165, 1.54) is 18.4 Å². The summed E-state index contributed by atoms with van der Waals surface area (Å²) in [6, 6.07) is 9.02. The number of thiazole rings is 1. The molecule has 0 unspecified atom stereocenters. The summed E-state index contributed by atoms with van der Waals surface area (Å²) in [6.45, 7) is 1.38. The highest BCUT2D eigenvalue weighted by molar-refractivity contribution is 7.09. The number of urea groups is 1. The van der Waals surface area contributed by atoms with Gasteiger partial charge in [0.05, 0.1) is 13.7 Å². The van der Waals surface area contributed by atoms with Gasteiger partial charge in [0.2, 0.25) is 0 Å². The van der Waals surface area contributed by atoms with Gasteiger partial charge in [0.25, 0.3) is 0 Å². The van der Waals surface area contributed by atoms with Crippen molar-refractivity contribution in [3.63, 3.8) is 0 Å². The number of nitrogens with one attached hydrogen (secondary N) is 1. The van der Waals surface area contributed by atoms with Crippen molar-refractivity contribution in [1.82, 2.24) is 9.88 Å². The molecule has 1 aromatic heterocycles. The smallest absolute Gasteiger partial charge is 0.357 e. The largest absolute Gasteiger partial charge is 0.464 e. The Morgan fingerprint density at radius 1 is 1.24 bits per heavy atom. The van der Waals surface area contributed by atoms with Gasteiger partial charge in [0.1, 0.15) is 5.01 Å². The Kier molecular flexibility index (Phi) is 7.36. The highest BCUT2D eigenvalue weighted by Crippen LogP contribution is 2.15. The Hall–Kier alpha value is -2.45. The van der Waals surface area contributed by atoms with E-state index in [2.05, 4.69) is 15.0 Å². The van der Waals surface area contributed by atoms with E-state index < -0.39 is 5.97 Å². The number of amides is 2. The number of aromatic nitrogens is 1. The second-order valence-electron chi connectivity index (χ2n) is 5.18. The number of anilines is 1. The number of carbonyl (C=O) groups excluding carboxylic acids is 2. The molecule has 8 heteroatoms. The lowest BCUT2D eigenvalue weighted by atomic mass is 10.3. The van der Waals surface area contributed by atoms with Gasteiger partial charge in [0, 0.05) is 31.3 Å². The molecular weight excluding hydrogens is 342 g/mol. The van der Waals surface area contributed by atoms with Crippen LogP contribution in [0.2, 0.25) is 0 Å². The summed E-state index contributed by atoms with van der Waals surface area (Å²) in [6.07, 6.45) is 0.702. The number of methoxy groups -OCH3 is 2. The molecule has 25 heavy (non-hydrogen) atoms. The molecule has 7 nitrogen and oxygen atoms in total. The average Bonchev–Trinajstić information content (AvgIpc) is 3.10. The molecule has 0 aliphatic heterocycles. The maximum Gasteiger partial charge on any atom is 0.357 e. The van der Waals surface area contributed by atoms with Crippen molar-refractivity contribution in [3.05, 3.63) is 46.4 Å². The third-order valence-electron chi connectivity index (χ3n) is 3.36. The second kappa shape index (κ2) is 9.75. The Balaban J connectivity index is 2.05. The molecule has 2 amide bonds. The Morgan fingerprint density at radius 2 is 2.00 bits per heavy atom. The van der Waals surface area contributed by atoms with E-state index in [0.717, 1.165) is 5.69 Å². The average molecular weight is 363 g/mol. The normalized spacial score (nSPS) is 10.3. The molecule has 0 saturated carbocycles. The zero-order valence-corrected chi connectivity index (χ0v) is 15.0. The van der Waals surface area contributed by atoms with Gasteiger partial charge in [-0.2, -0.15) is 0 Å². The number of esters is 1. The van der Waals surface area contributed by atoms with Crippen molar-refractivity contribution < 1.29 is 19.1 Å². The van der Waals surface area contributed by atoms with E-state index in [9.17, 15) is 9.59 Å². The molecule has 0 aliphatic carbocycles. The summed E-state index contributed by atoms with van der Waals surface area (Å²) in [5, 5.41) is 5.16. The summed E-state index contributed by atoms with van der Waals surface area (Å²) in [4.78, 5) is 30.0. The summed E-state index contributed by atoms with van der Waals surface area (Å²) < 4.78 is 9.71. The molecule has 134 valence electrons. The van der Waals surface area contributed by atoms with Crippen molar-refractivity contribution in [2.75, 3.05) is 32.7 Å². The lowest BCUT2D eigenvalue weighted by Crippen LogP contribution is -2.35. The monoisotopic (exact) mass is 363 g/mol. The van der Waals surface area contributed by atoms with E-state index >= 15 is 0 Å². The van der Waals surface area contributed by atoms with Crippen LogP contribution in [0.5, 0.6) is 0 Å². The zero-order valence-electron chi connectivity index (χ0n) is 14.2. The third kappa shape index (κ3) is 5.84. The first kappa shape index (κ1) is 18.9. The van der Waals surface area contributed by atoms with Crippen LogP contribution in [-0.2, 0) is 16.0 Å². The van der Waals surface area contributed by atoms with Gasteiger partial charge in [-0.05, 0) is 18.6 Å².